The fourth-order valence-electron chi connectivity index (χ4n) is 6.32. The van der Waals surface area contributed by atoms with Gasteiger partial charge in [0.25, 0.3) is 5.91 Å². The van der Waals surface area contributed by atoms with E-state index in [1.54, 1.807) is 16.5 Å². The van der Waals surface area contributed by atoms with Crippen molar-refractivity contribution in [2.24, 2.45) is 20.0 Å². The molecule has 270 valence electrons. The summed E-state index contributed by atoms with van der Waals surface area (Å²) in [5, 5.41) is 16.9. The molecule has 1 fully saturated rings. The Morgan fingerprint density at radius 1 is 0.922 bits per heavy atom. The molecule has 12 heteroatoms. The van der Waals surface area contributed by atoms with Gasteiger partial charge in [0.05, 0.1) is 28.9 Å². The van der Waals surface area contributed by atoms with E-state index in [1.807, 2.05) is 42.5 Å². The molecule has 2 unspecified atom stereocenters. The summed E-state index contributed by atoms with van der Waals surface area (Å²) in [6, 6.07) is 23.4. The minimum atomic E-state index is -0.989. The Labute approximate surface area is 304 Å². The molecule has 0 spiro atoms. The van der Waals surface area contributed by atoms with Gasteiger partial charge < -0.3 is 15.0 Å². The van der Waals surface area contributed by atoms with Gasteiger partial charge in [-0.1, -0.05) is 76.3 Å². The number of ether oxygens (including phenoxy) is 1. The molecule has 1 saturated heterocycles. The molecule has 0 aromatic heterocycles. The van der Waals surface area contributed by atoms with Gasteiger partial charge in [-0.15, -0.1) is 5.10 Å². The number of benzene rings is 3. The summed E-state index contributed by atoms with van der Waals surface area (Å²) >= 11 is 0. The highest BCUT2D eigenvalue weighted by Gasteiger charge is 2.46. The summed E-state index contributed by atoms with van der Waals surface area (Å²) in [7, 11) is -0.989. The maximum Gasteiger partial charge on any atom is 0.271 e. The summed E-state index contributed by atoms with van der Waals surface area (Å²) in [6.45, 7) is 15.6. The van der Waals surface area contributed by atoms with Crippen molar-refractivity contribution in [2.45, 2.75) is 96.1 Å². The van der Waals surface area contributed by atoms with Crippen molar-refractivity contribution >= 4 is 45.6 Å². The van der Waals surface area contributed by atoms with E-state index in [2.05, 4.69) is 84.9 Å². The first-order valence-electron chi connectivity index (χ1n) is 18.1. The molecular weight excluding hydrogens is 661 g/mol. The third-order valence-electron chi connectivity index (χ3n) is 10.4. The lowest BCUT2D eigenvalue weighted by atomic mass is 9.76. The van der Waals surface area contributed by atoms with Crippen LogP contribution in [0.5, 0.6) is 5.75 Å². The van der Waals surface area contributed by atoms with Gasteiger partial charge in [-0.2, -0.15) is 9.42 Å². The Bertz CT molecular complexity index is 1820. The second-order valence-corrected chi connectivity index (χ2v) is 16.1. The average Bonchev–Trinajstić information content (AvgIpc) is 3.92. The average molecular weight is 711 g/mol. The van der Waals surface area contributed by atoms with Crippen molar-refractivity contribution in [3.05, 3.63) is 83.9 Å². The van der Waals surface area contributed by atoms with Crippen molar-refractivity contribution in [1.29, 1.82) is 0 Å². The van der Waals surface area contributed by atoms with Gasteiger partial charge in [0.1, 0.15) is 5.75 Å². The van der Waals surface area contributed by atoms with E-state index in [-0.39, 0.29) is 22.6 Å². The Morgan fingerprint density at radius 2 is 1.63 bits per heavy atom. The van der Waals surface area contributed by atoms with Gasteiger partial charge in [0, 0.05) is 30.8 Å². The number of rotatable bonds is 13. The number of hydrogen-bond donors (Lipinski definition) is 1. The van der Waals surface area contributed by atoms with Gasteiger partial charge in [-0.25, -0.2) is 0 Å². The standard InChI is InChI=1S/C39H50N8O3S/c1-7-38(3,4)28-18-23-33(32(27-28)39(5,6)8-2)50-26-14-17-34(48)40-29-19-21-30(22-20-29)46-37(49)35(36(41-46)45-24-12-13-25-45)51-44-42-43-47(51)31-15-10-9-11-16-31/h9-11,15-16,18-23,27,35H,7-8,12-14,17,24-26H2,1-6H3,(H,40,48). The van der Waals surface area contributed by atoms with Crippen LogP contribution in [-0.4, -0.2) is 47.5 Å². The van der Waals surface area contributed by atoms with Crippen LogP contribution < -0.4 is 19.5 Å². The molecule has 0 aliphatic carbocycles. The molecule has 0 radical (unpaired) electrons. The highest BCUT2D eigenvalue weighted by atomic mass is 32.2. The molecule has 6 rings (SSSR count). The van der Waals surface area contributed by atoms with E-state index >= 15 is 0 Å². The summed E-state index contributed by atoms with van der Waals surface area (Å²) < 4.78 is 12.4. The van der Waals surface area contributed by atoms with Crippen molar-refractivity contribution in [3.8, 4) is 5.75 Å². The van der Waals surface area contributed by atoms with Crippen molar-refractivity contribution in [2.75, 3.05) is 34.4 Å². The zero-order chi connectivity index (χ0) is 36.2. The Morgan fingerprint density at radius 3 is 2.31 bits per heavy atom. The van der Waals surface area contributed by atoms with E-state index in [0.717, 1.165) is 50.2 Å². The quantitative estimate of drug-likeness (QED) is 0.179. The minimum absolute atomic E-state index is 0.0271. The maximum absolute atomic E-state index is 14.1. The van der Waals surface area contributed by atoms with Gasteiger partial charge in [0.2, 0.25) is 5.91 Å². The van der Waals surface area contributed by atoms with Crippen LogP contribution in [0.3, 0.4) is 0 Å². The number of anilines is 3. The van der Waals surface area contributed by atoms with Gasteiger partial charge >= 0.3 is 0 Å². The van der Waals surface area contributed by atoms with E-state index in [0.29, 0.717) is 36.7 Å². The Hall–Kier alpha value is -4.58. The number of nitrogens with one attached hydrogen (secondary N) is 1. The number of para-hydroxylation sites is 1. The van der Waals surface area contributed by atoms with Gasteiger partial charge in [-0.05, 0) is 101 Å². The molecule has 11 nitrogen and oxygen atoms in total. The van der Waals surface area contributed by atoms with Crippen molar-refractivity contribution < 1.29 is 14.3 Å². The van der Waals surface area contributed by atoms with Crippen LogP contribution in [-0.2, 0) is 31.3 Å². The molecule has 2 amide bonds. The smallest absolute Gasteiger partial charge is 0.271 e. The number of amidine groups is 1. The van der Waals surface area contributed by atoms with Crippen LogP contribution in [0.25, 0.3) is 0 Å². The number of amides is 2. The molecular formula is C39H50N8O3S. The third-order valence-corrected chi connectivity index (χ3v) is 12.1. The van der Waals surface area contributed by atoms with E-state index < -0.39 is 16.1 Å². The SMILES string of the molecule is CCC(C)(C)c1ccc(OCCCC(=O)Nc2ccc(N3N=C(N4CCCC4)C(S4=NN=NN4c4ccccc4)C3=O)cc2)c(C(C)(C)CC)c1. The minimum Gasteiger partial charge on any atom is -0.493 e. The van der Waals surface area contributed by atoms with Crippen LogP contribution in [0, 0.1) is 0 Å². The molecule has 0 saturated carbocycles. The number of hydrazone groups is 1. The van der Waals surface area contributed by atoms with Crippen LogP contribution in [0.4, 0.5) is 17.1 Å². The zero-order valence-electron chi connectivity index (χ0n) is 30.6. The lowest BCUT2D eigenvalue weighted by Gasteiger charge is -2.30. The summed E-state index contributed by atoms with van der Waals surface area (Å²) in [6.07, 6.45) is 5.05. The van der Waals surface area contributed by atoms with Crippen LogP contribution in [0.2, 0.25) is 0 Å². The molecule has 3 aromatic rings. The number of hydrogen-bond acceptors (Lipinski definition) is 9. The van der Waals surface area contributed by atoms with E-state index in [4.69, 9.17) is 9.84 Å². The fourth-order valence-corrected chi connectivity index (χ4v) is 7.90. The summed E-state index contributed by atoms with van der Waals surface area (Å²) in [5.41, 5.74) is 4.68. The topological polar surface area (TPSA) is 115 Å². The lowest BCUT2D eigenvalue weighted by Crippen LogP contribution is -2.45. The number of carbonyl (C=O) groups is 2. The number of carbonyl (C=O) groups excluding carboxylic acids is 2. The molecule has 3 aliphatic heterocycles. The molecule has 0 bridgehead atoms. The van der Waals surface area contributed by atoms with Crippen molar-refractivity contribution in [3.63, 3.8) is 0 Å². The maximum atomic E-state index is 14.1. The first kappa shape index (κ1) is 36.2. The Balaban J connectivity index is 1.07. The van der Waals surface area contributed by atoms with Crippen LogP contribution >= 0.6 is 0 Å². The molecule has 3 aromatic carbocycles. The molecule has 1 N–H and O–H groups in total. The number of nitrogens with zero attached hydrogens (tertiary/aromatic N) is 7. The normalized spacial score (nSPS) is 19.1. The second kappa shape index (κ2) is 15.3. The monoisotopic (exact) mass is 710 g/mol. The molecule has 3 aliphatic rings. The molecule has 3 heterocycles. The van der Waals surface area contributed by atoms with Crippen LogP contribution in [0.1, 0.15) is 91.2 Å². The Kier molecular flexibility index (Phi) is 10.9. The number of likely N-dealkylation sites (tertiary alicyclic amines) is 1. The van der Waals surface area contributed by atoms with E-state index in [1.165, 1.54) is 16.1 Å². The highest BCUT2D eigenvalue weighted by molar-refractivity contribution is 7.91. The lowest BCUT2D eigenvalue weighted by molar-refractivity contribution is -0.117. The predicted octanol–water partition coefficient (Wildman–Crippen LogP) is 8.50. The largest absolute Gasteiger partial charge is 0.493 e. The van der Waals surface area contributed by atoms with Gasteiger partial charge in [-0.3, -0.25) is 9.59 Å². The first-order valence-corrected chi connectivity index (χ1v) is 19.3. The summed E-state index contributed by atoms with van der Waals surface area (Å²) in [5.74, 6) is 1.32. The van der Waals surface area contributed by atoms with E-state index in [9.17, 15) is 9.59 Å². The first-order chi connectivity index (χ1) is 24.5. The van der Waals surface area contributed by atoms with Crippen LogP contribution in [0.15, 0.2) is 92.8 Å². The molecule has 2 atom stereocenters. The predicted molar refractivity (Wildman–Crippen MR) is 206 cm³/mol. The third kappa shape index (κ3) is 7.85. The summed E-state index contributed by atoms with van der Waals surface area (Å²) in [4.78, 5) is 29.2. The van der Waals surface area contributed by atoms with Crippen molar-refractivity contribution in [1.82, 2.24) is 4.90 Å². The highest BCUT2D eigenvalue weighted by Crippen LogP contribution is 2.39. The second-order valence-electron chi connectivity index (χ2n) is 14.6. The molecule has 51 heavy (non-hydrogen) atoms. The van der Waals surface area contributed by atoms with Gasteiger partial charge in [0.15, 0.2) is 11.1 Å². The fraction of sp³-hybridized carbons (Fsp3) is 0.462. The zero-order valence-corrected chi connectivity index (χ0v) is 31.4.